The van der Waals surface area contributed by atoms with Crippen LogP contribution in [0.1, 0.15) is 31.8 Å². The first-order chi connectivity index (χ1) is 14.8. The smallest absolute Gasteiger partial charge is 0.255 e. The Bertz CT molecular complexity index is 1080. The van der Waals surface area contributed by atoms with E-state index in [1.165, 1.54) is 18.2 Å². The first-order valence-corrected chi connectivity index (χ1v) is 9.76. The summed E-state index contributed by atoms with van der Waals surface area (Å²) in [6.07, 6.45) is 0. The Balaban J connectivity index is 1.60. The number of nitrogens with one attached hydrogen (secondary N) is 2. The highest BCUT2D eigenvalue weighted by Crippen LogP contribution is 2.24. The molecule has 0 atom stereocenters. The van der Waals surface area contributed by atoms with E-state index in [-0.39, 0.29) is 29.5 Å². The lowest BCUT2D eigenvalue weighted by Crippen LogP contribution is -2.23. The van der Waals surface area contributed by atoms with E-state index in [1.807, 2.05) is 38.4 Å². The highest BCUT2D eigenvalue weighted by molar-refractivity contribution is 6.04. The first kappa shape index (κ1) is 21.9. The van der Waals surface area contributed by atoms with Crippen LogP contribution in [0.15, 0.2) is 66.7 Å². The van der Waals surface area contributed by atoms with Gasteiger partial charge in [0.1, 0.15) is 0 Å². The van der Waals surface area contributed by atoms with Gasteiger partial charge in [-0.3, -0.25) is 9.59 Å². The van der Waals surface area contributed by atoms with Crippen LogP contribution in [0, 0.1) is 0 Å². The van der Waals surface area contributed by atoms with Crippen LogP contribution in [0.3, 0.4) is 0 Å². The molecule has 3 aromatic carbocycles. The van der Waals surface area contributed by atoms with E-state index in [2.05, 4.69) is 15.5 Å². The van der Waals surface area contributed by atoms with Crippen LogP contribution in [0.4, 0.5) is 5.69 Å². The zero-order valence-electron chi connectivity index (χ0n) is 17.4. The molecule has 0 aliphatic carbocycles. The van der Waals surface area contributed by atoms with Crippen molar-refractivity contribution >= 4 is 17.5 Å². The Morgan fingerprint density at radius 3 is 2.19 bits per heavy atom. The molecule has 3 rings (SSSR count). The van der Waals surface area contributed by atoms with Crippen LogP contribution in [0.25, 0.3) is 0 Å². The van der Waals surface area contributed by atoms with Gasteiger partial charge in [0.05, 0.1) is 0 Å². The number of carbonyl (C=O) groups excluding carboxylic acids is 2. The van der Waals surface area contributed by atoms with E-state index in [1.54, 1.807) is 24.3 Å². The Kier molecular flexibility index (Phi) is 6.89. The zero-order valence-corrected chi connectivity index (χ0v) is 17.4. The molecule has 0 saturated heterocycles. The number of rotatable bonds is 7. The number of aromatic hydroxyl groups is 2. The minimum Gasteiger partial charge on any atom is -0.504 e. The topological polar surface area (TPSA) is 102 Å². The molecule has 7 nitrogen and oxygen atoms in total. The summed E-state index contributed by atoms with van der Waals surface area (Å²) in [5.74, 6) is -1.29. The fourth-order valence-corrected chi connectivity index (χ4v) is 3.03. The van der Waals surface area contributed by atoms with Crippen LogP contribution in [0.2, 0.25) is 0 Å². The summed E-state index contributed by atoms with van der Waals surface area (Å²) in [6, 6.07) is 18.5. The average Bonchev–Trinajstić information content (AvgIpc) is 2.75. The van der Waals surface area contributed by atoms with Gasteiger partial charge in [-0.15, -0.1) is 0 Å². The van der Waals surface area contributed by atoms with Crippen molar-refractivity contribution in [2.75, 3.05) is 19.4 Å². The molecule has 0 saturated carbocycles. The molecule has 0 radical (unpaired) electrons. The summed E-state index contributed by atoms with van der Waals surface area (Å²) >= 11 is 0. The maximum absolute atomic E-state index is 12.6. The van der Waals surface area contributed by atoms with E-state index in [0.717, 1.165) is 17.7 Å². The van der Waals surface area contributed by atoms with Gasteiger partial charge in [-0.1, -0.05) is 24.3 Å². The molecule has 0 aliphatic rings. The second-order valence-electron chi connectivity index (χ2n) is 7.48. The molecular weight excluding hydrogens is 394 g/mol. The van der Waals surface area contributed by atoms with Gasteiger partial charge in [-0.05, 0) is 67.7 Å². The quantitative estimate of drug-likeness (QED) is 0.440. The van der Waals surface area contributed by atoms with Gasteiger partial charge in [-0.2, -0.15) is 0 Å². The van der Waals surface area contributed by atoms with E-state index in [0.29, 0.717) is 11.3 Å². The summed E-state index contributed by atoms with van der Waals surface area (Å²) in [5.41, 5.74) is 3.32. The number of carbonyl (C=O) groups is 2. The van der Waals surface area contributed by atoms with Crippen molar-refractivity contribution in [3.63, 3.8) is 0 Å². The lowest BCUT2D eigenvalue weighted by atomic mass is 10.1. The number of phenolic OH excluding ortho intramolecular Hbond substituents is 2. The molecule has 0 bridgehead atoms. The maximum Gasteiger partial charge on any atom is 0.255 e. The SMILES string of the molecule is CN(C)Cc1ccc(NC(=O)c2cccc(CNC(=O)c3ccc(O)c(O)c3)c2)cc1. The van der Waals surface area contributed by atoms with Crippen molar-refractivity contribution in [1.29, 1.82) is 0 Å². The van der Waals surface area contributed by atoms with E-state index in [9.17, 15) is 19.8 Å². The van der Waals surface area contributed by atoms with Crippen molar-refractivity contribution in [1.82, 2.24) is 10.2 Å². The van der Waals surface area contributed by atoms with Gasteiger partial charge in [-0.25, -0.2) is 0 Å². The molecule has 0 aliphatic heterocycles. The molecule has 4 N–H and O–H groups in total. The van der Waals surface area contributed by atoms with Gasteiger partial charge in [0.25, 0.3) is 11.8 Å². The van der Waals surface area contributed by atoms with Crippen LogP contribution >= 0.6 is 0 Å². The number of anilines is 1. The van der Waals surface area contributed by atoms with Crippen molar-refractivity contribution < 1.29 is 19.8 Å². The lowest BCUT2D eigenvalue weighted by Gasteiger charge is -2.11. The third-order valence-corrected chi connectivity index (χ3v) is 4.59. The number of phenols is 2. The average molecular weight is 419 g/mol. The molecule has 0 heterocycles. The first-order valence-electron chi connectivity index (χ1n) is 9.76. The van der Waals surface area contributed by atoms with Crippen LogP contribution in [-0.4, -0.2) is 41.0 Å². The minimum atomic E-state index is -0.400. The number of nitrogens with zero attached hydrogens (tertiary/aromatic N) is 1. The lowest BCUT2D eigenvalue weighted by molar-refractivity contribution is 0.0950. The molecule has 0 spiro atoms. The second kappa shape index (κ2) is 9.77. The monoisotopic (exact) mass is 419 g/mol. The maximum atomic E-state index is 12.6. The number of amides is 2. The Hall–Kier alpha value is -3.84. The van der Waals surface area contributed by atoms with Gasteiger partial charge in [0, 0.05) is 29.9 Å². The molecule has 0 fully saturated rings. The Labute approximate surface area is 181 Å². The largest absolute Gasteiger partial charge is 0.504 e. The summed E-state index contributed by atoms with van der Waals surface area (Å²) in [7, 11) is 4.00. The van der Waals surface area contributed by atoms with Crippen LogP contribution < -0.4 is 10.6 Å². The predicted molar refractivity (Wildman–Crippen MR) is 119 cm³/mol. The molecule has 2 amide bonds. The molecule has 7 heteroatoms. The van der Waals surface area contributed by atoms with Crippen molar-refractivity contribution in [2.45, 2.75) is 13.1 Å². The van der Waals surface area contributed by atoms with E-state index >= 15 is 0 Å². The van der Waals surface area contributed by atoms with E-state index in [4.69, 9.17) is 0 Å². The summed E-state index contributed by atoms with van der Waals surface area (Å²) in [4.78, 5) is 26.9. The fraction of sp³-hybridized carbons (Fsp3) is 0.167. The van der Waals surface area contributed by atoms with Crippen molar-refractivity contribution in [3.8, 4) is 11.5 Å². The minimum absolute atomic E-state index is 0.209. The fourth-order valence-electron chi connectivity index (χ4n) is 3.03. The van der Waals surface area contributed by atoms with Gasteiger partial charge < -0.3 is 25.7 Å². The standard InChI is InChI=1S/C24H25N3O4/c1-27(2)15-16-6-9-20(10-7-16)26-24(31)18-5-3-4-17(12-18)14-25-23(30)19-8-11-21(28)22(29)13-19/h3-13,28-29H,14-15H2,1-2H3,(H,25,30)(H,26,31). The molecule has 31 heavy (non-hydrogen) atoms. The van der Waals surface area contributed by atoms with Crippen molar-refractivity contribution in [2.24, 2.45) is 0 Å². The third-order valence-electron chi connectivity index (χ3n) is 4.59. The molecule has 0 unspecified atom stereocenters. The number of benzene rings is 3. The summed E-state index contributed by atoms with van der Waals surface area (Å²) in [6.45, 7) is 1.03. The molecule has 160 valence electrons. The third kappa shape index (κ3) is 6.07. The van der Waals surface area contributed by atoms with Crippen LogP contribution in [0.5, 0.6) is 11.5 Å². The molecular formula is C24H25N3O4. The normalized spacial score (nSPS) is 10.7. The zero-order chi connectivity index (χ0) is 22.4. The van der Waals surface area contributed by atoms with Gasteiger partial charge in [0.2, 0.25) is 0 Å². The molecule has 0 aromatic heterocycles. The predicted octanol–water partition coefficient (Wildman–Crippen LogP) is 3.34. The second-order valence-corrected chi connectivity index (χ2v) is 7.48. The number of hydrogen-bond acceptors (Lipinski definition) is 5. The van der Waals surface area contributed by atoms with Gasteiger partial charge >= 0.3 is 0 Å². The Morgan fingerprint density at radius 1 is 0.806 bits per heavy atom. The summed E-state index contributed by atoms with van der Waals surface area (Å²) in [5, 5.41) is 24.5. The van der Waals surface area contributed by atoms with Crippen LogP contribution in [-0.2, 0) is 13.1 Å². The molecule has 3 aromatic rings. The highest BCUT2D eigenvalue weighted by Gasteiger charge is 2.10. The number of hydrogen-bond donors (Lipinski definition) is 4. The van der Waals surface area contributed by atoms with Gasteiger partial charge in [0.15, 0.2) is 11.5 Å². The summed E-state index contributed by atoms with van der Waals surface area (Å²) < 4.78 is 0. The Morgan fingerprint density at radius 2 is 1.52 bits per heavy atom. The van der Waals surface area contributed by atoms with E-state index < -0.39 is 5.91 Å². The van der Waals surface area contributed by atoms with Crippen molar-refractivity contribution in [3.05, 3.63) is 89.0 Å². The highest BCUT2D eigenvalue weighted by atomic mass is 16.3.